The topological polar surface area (TPSA) is 26.0 Å². The lowest BCUT2D eigenvalue weighted by Crippen LogP contribution is -1.78. The van der Waals surface area contributed by atoms with E-state index in [1.807, 2.05) is 0 Å². The summed E-state index contributed by atoms with van der Waals surface area (Å²) in [6.45, 7) is 0. The van der Waals surface area contributed by atoms with E-state index in [1.54, 1.807) is 24.4 Å². The number of halogens is 2. The van der Waals surface area contributed by atoms with Crippen molar-refractivity contribution in [3.8, 4) is 11.5 Å². The second kappa shape index (κ2) is 3.40. The smallest absolute Gasteiger partial charge is 0.227 e. The maximum atomic E-state index is 5.94. The van der Waals surface area contributed by atoms with Gasteiger partial charge in [0.1, 0.15) is 6.26 Å². The lowest BCUT2D eigenvalue weighted by atomic mass is 10.2. The van der Waals surface area contributed by atoms with Gasteiger partial charge in [0, 0.05) is 5.02 Å². The molecule has 4 heteroatoms. The molecule has 0 amide bonds. The Bertz CT molecular complexity index is 412. The maximum absolute atomic E-state index is 5.94. The van der Waals surface area contributed by atoms with Crippen molar-refractivity contribution in [2.45, 2.75) is 0 Å². The Morgan fingerprint density at radius 1 is 1.23 bits per heavy atom. The van der Waals surface area contributed by atoms with E-state index in [2.05, 4.69) is 4.98 Å². The molecule has 2 rings (SSSR count). The molecule has 0 radical (unpaired) electrons. The van der Waals surface area contributed by atoms with E-state index in [0.717, 1.165) is 5.56 Å². The molecule has 0 unspecified atom stereocenters. The highest BCUT2D eigenvalue weighted by molar-refractivity contribution is 6.36. The van der Waals surface area contributed by atoms with Crippen LogP contribution in [0.3, 0.4) is 0 Å². The number of hydrogen-bond acceptors (Lipinski definition) is 2. The standard InChI is InChI=1S/C9H5Cl2NO/c10-6-1-2-7(8(11)5-6)9-12-3-4-13-9/h1-5H. The molecule has 0 aliphatic carbocycles. The molecule has 0 atom stereocenters. The van der Waals surface area contributed by atoms with Gasteiger partial charge in [0.2, 0.25) is 5.89 Å². The fraction of sp³-hybridized carbons (Fsp3) is 0. The van der Waals surface area contributed by atoms with Gasteiger partial charge in [-0.1, -0.05) is 23.2 Å². The van der Waals surface area contributed by atoms with Crippen LogP contribution >= 0.6 is 23.2 Å². The largest absolute Gasteiger partial charge is 0.444 e. The summed E-state index contributed by atoms with van der Waals surface area (Å²) in [6, 6.07) is 5.17. The van der Waals surface area contributed by atoms with E-state index < -0.39 is 0 Å². The van der Waals surface area contributed by atoms with E-state index >= 15 is 0 Å². The number of rotatable bonds is 1. The van der Waals surface area contributed by atoms with Gasteiger partial charge < -0.3 is 4.42 Å². The molecule has 0 fully saturated rings. The van der Waals surface area contributed by atoms with Gasteiger partial charge in [0.15, 0.2) is 0 Å². The van der Waals surface area contributed by atoms with Gasteiger partial charge >= 0.3 is 0 Å². The summed E-state index contributed by atoms with van der Waals surface area (Å²) in [4.78, 5) is 3.98. The van der Waals surface area contributed by atoms with Crippen molar-refractivity contribution in [1.29, 1.82) is 0 Å². The maximum Gasteiger partial charge on any atom is 0.227 e. The molecule has 2 nitrogen and oxygen atoms in total. The summed E-state index contributed by atoms with van der Waals surface area (Å²) < 4.78 is 5.10. The van der Waals surface area contributed by atoms with Crippen LogP contribution in [-0.4, -0.2) is 4.98 Å². The van der Waals surface area contributed by atoms with E-state index in [-0.39, 0.29) is 0 Å². The molecule has 1 aromatic carbocycles. The molecule has 0 bridgehead atoms. The number of nitrogens with zero attached hydrogens (tertiary/aromatic N) is 1. The molecule has 0 N–H and O–H groups in total. The first-order chi connectivity index (χ1) is 6.27. The second-order valence-corrected chi connectivity index (χ2v) is 3.31. The van der Waals surface area contributed by atoms with E-state index in [1.165, 1.54) is 6.26 Å². The SMILES string of the molecule is Clc1ccc(-c2ncco2)c(Cl)c1. The zero-order valence-electron chi connectivity index (χ0n) is 6.50. The third-order valence-electron chi connectivity index (χ3n) is 1.59. The molecule has 1 heterocycles. The normalized spacial score (nSPS) is 10.3. The Kier molecular flexibility index (Phi) is 2.25. The van der Waals surface area contributed by atoms with Crippen molar-refractivity contribution in [2.24, 2.45) is 0 Å². The minimum absolute atomic E-state index is 0.502. The first-order valence-corrected chi connectivity index (χ1v) is 4.38. The summed E-state index contributed by atoms with van der Waals surface area (Å²) in [7, 11) is 0. The third-order valence-corrected chi connectivity index (χ3v) is 2.14. The van der Waals surface area contributed by atoms with Gasteiger partial charge in [-0.3, -0.25) is 0 Å². The highest BCUT2D eigenvalue weighted by Crippen LogP contribution is 2.28. The lowest BCUT2D eigenvalue weighted by molar-refractivity contribution is 0.574. The van der Waals surface area contributed by atoms with Crippen LogP contribution in [0.4, 0.5) is 0 Å². The first kappa shape index (κ1) is 8.60. The van der Waals surface area contributed by atoms with Crippen molar-refractivity contribution in [3.05, 3.63) is 40.7 Å². The molecule has 13 heavy (non-hydrogen) atoms. The summed E-state index contributed by atoms with van der Waals surface area (Å²) in [5.74, 6) is 0.502. The fourth-order valence-electron chi connectivity index (χ4n) is 1.02. The molecule has 2 aromatic rings. The van der Waals surface area contributed by atoms with Crippen molar-refractivity contribution in [3.63, 3.8) is 0 Å². The van der Waals surface area contributed by atoms with Crippen LogP contribution < -0.4 is 0 Å². The van der Waals surface area contributed by atoms with Crippen LogP contribution in [0.1, 0.15) is 0 Å². The van der Waals surface area contributed by atoms with Gasteiger partial charge in [-0.05, 0) is 18.2 Å². The summed E-state index contributed by atoms with van der Waals surface area (Å²) in [6.07, 6.45) is 3.07. The third kappa shape index (κ3) is 1.69. The minimum atomic E-state index is 0.502. The van der Waals surface area contributed by atoms with Crippen LogP contribution in [0.15, 0.2) is 35.1 Å². The zero-order valence-corrected chi connectivity index (χ0v) is 8.01. The molecule has 0 aliphatic heterocycles. The van der Waals surface area contributed by atoms with Gasteiger partial charge in [0.25, 0.3) is 0 Å². The van der Waals surface area contributed by atoms with Crippen LogP contribution in [-0.2, 0) is 0 Å². The number of hydrogen-bond donors (Lipinski definition) is 0. The Morgan fingerprint density at radius 2 is 2.08 bits per heavy atom. The molecular formula is C9H5Cl2NO. The van der Waals surface area contributed by atoms with Crippen molar-refractivity contribution in [2.75, 3.05) is 0 Å². The molecule has 0 saturated carbocycles. The van der Waals surface area contributed by atoms with Gasteiger partial charge in [-0.25, -0.2) is 4.98 Å². The molecule has 1 aromatic heterocycles. The average molecular weight is 214 g/mol. The summed E-state index contributed by atoms with van der Waals surface area (Å²) in [5.41, 5.74) is 0.746. The molecule has 0 saturated heterocycles. The zero-order chi connectivity index (χ0) is 9.26. The van der Waals surface area contributed by atoms with Crippen molar-refractivity contribution in [1.82, 2.24) is 4.98 Å². The first-order valence-electron chi connectivity index (χ1n) is 3.62. The van der Waals surface area contributed by atoms with Crippen LogP contribution in [0, 0.1) is 0 Å². The van der Waals surface area contributed by atoms with Crippen molar-refractivity contribution >= 4 is 23.2 Å². The molecule has 66 valence electrons. The Labute approximate surface area is 85.1 Å². The fourth-order valence-corrected chi connectivity index (χ4v) is 1.51. The average Bonchev–Trinajstić information content (AvgIpc) is 2.56. The van der Waals surface area contributed by atoms with Gasteiger partial charge in [-0.2, -0.15) is 0 Å². The van der Waals surface area contributed by atoms with Crippen LogP contribution in [0.25, 0.3) is 11.5 Å². The van der Waals surface area contributed by atoms with Crippen molar-refractivity contribution < 1.29 is 4.42 Å². The molecular weight excluding hydrogens is 209 g/mol. The number of aromatic nitrogens is 1. The Morgan fingerprint density at radius 3 is 2.69 bits per heavy atom. The lowest BCUT2D eigenvalue weighted by Gasteiger charge is -1.98. The predicted octanol–water partition coefficient (Wildman–Crippen LogP) is 3.65. The van der Waals surface area contributed by atoms with Crippen LogP contribution in [0.2, 0.25) is 10.0 Å². The number of oxazole rings is 1. The van der Waals surface area contributed by atoms with E-state index in [4.69, 9.17) is 27.6 Å². The Balaban J connectivity index is 2.53. The summed E-state index contributed by atoms with van der Waals surface area (Å²) in [5, 5.41) is 1.13. The second-order valence-electron chi connectivity index (χ2n) is 2.46. The predicted molar refractivity (Wildman–Crippen MR) is 52.0 cm³/mol. The van der Waals surface area contributed by atoms with Crippen LogP contribution in [0.5, 0.6) is 0 Å². The van der Waals surface area contributed by atoms with Gasteiger partial charge in [0.05, 0.1) is 16.8 Å². The van der Waals surface area contributed by atoms with E-state index in [9.17, 15) is 0 Å². The molecule has 0 spiro atoms. The summed E-state index contributed by atoms with van der Waals surface area (Å²) >= 11 is 11.7. The van der Waals surface area contributed by atoms with E-state index in [0.29, 0.717) is 15.9 Å². The molecule has 0 aliphatic rings. The minimum Gasteiger partial charge on any atom is -0.444 e. The highest BCUT2D eigenvalue weighted by atomic mass is 35.5. The monoisotopic (exact) mass is 213 g/mol. The Hall–Kier alpha value is -0.990. The quantitative estimate of drug-likeness (QED) is 0.723. The van der Waals surface area contributed by atoms with Gasteiger partial charge in [-0.15, -0.1) is 0 Å². The highest BCUT2D eigenvalue weighted by Gasteiger charge is 2.07. The number of benzene rings is 1.